The smallest absolute Gasteiger partial charge is 0.303 e. The maximum Gasteiger partial charge on any atom is 0.303 e. The van der Waals surface area contributed by atoms with Gasteiger partial charge in [-0.1, -0.05) is 24.3 Å². The molecule has 2 aliphatic rings. The highest BCUT2D eigenvalue weighted by molar-refractivity contribution is 5.66. The highest BCUT2D eigenvalue weighted by Gasteiger charge is 2.31. The average Bonchev–Trinajstić information content (AvgIpc) is 2.89. The highest BCUT2D eigenvalue weighted by atomic mass is 16.4. The second-order valence-corrected chi connectivity index (χ2v) is 6.19. The van der Waals surface area contributed by atoms with E-state index in [0.717, 1.165) is 13.0 Å². The second kappa shape index (κ2) is 5.96. The predicted octanol–water partition coefficient (Wildman–Crippen LogP) is 3.25. The van der Waals surface area contributed by atoms with Crippen LogP contribution in [-0.2, 0) is 11.2 Å². The fraction of sp³-hybridized carbons (Fsp3) is 0.588. The molecule has 1 aliphatic carbocycles. The predicted molar refractivity (Wildman–Crippen MR) is 78.7 cm³/mol. The average molecular weight is 273 g/mol. The molecule has 0 radical (unpaired) electrons. The molecule has 20 heavy (non-hydrogen) atoms. The Hall–Kier alpha value is -1.35. The van der Waals surface area contributed by atoms with Crippen LogP contribution in [0.25, 0.3) is 0 Å². The Bertz CT molecular complexity index is 486. The number of carbonyl (C=O) groups is 1. The maximum absolute atomic E-state index is 10.7. The minimum Gasteiger partial charge on any atom is -0.481 e. The minimum absolute atomic E-state index is 0.319. The van der Waals surface area contributed by atoms with Gasteiger partial charge in [-0.25, -0.2) is 0 Å². The van der Waals surface area contributed by atoms with Crippen molar-refractivity contribution in [3.05, 3.63) is 35.4 Å². The van der Waals surface area contributed by atoms with Gasteiger partial charge < -0.3 is 5.11 Å². The fourth-order valence-electron chi connectivity index (χ4n) is 3.86. The van der Waals surface area contributed by atoms with Crippen molar-refractivity contribution in [2.45, 2.75) is 44.6 Å². The number of aliphatic carboxylic acids is 1. The first-order valence-electron chi connectivity index (χ1n) is 7.77. The summed E-state index contributed by atoms with van der Waals surface area (Å²) in [6.45, 7) is 2.24. The van der Waals surface area contributed by atoms with Crippen LogP contribution < -0.4 is 0 Å². The van der Waals surface area contributed by atoms with Crippen molar-refractivity contribution in [3.63, 3.8) is 0 Å². The van der Waals surface area contributed by atoms with Crippen LogP contribution in [0.2, 0.25) is 0 Å². The van der Waals surface area contributed by atoms with Crippen molar-refractivity contribution >= 4 is 5.97 Å². The van der Waals surface area contributed by atoms with Gasteiger partial charge in [0.15, 0.2) is 0 Å². The number of aryl methyl sites for hydroxylation is 1. The zero-order valence-corrected chi connectivity index (χ0v) is 11.9. The molecule has 1 saturated heterocycles. The van der Waals surface area contributed by atoms with Gasteiger partial charge in [0.05, 0.1) is 0 Å². The second-order valence-electron chi connectivity index (χ2n) is 6.19. The van der Waals surface area contributed by atoms with E-state index in [0.29, 0.717) is 18.4 Å². The van der Waals surface area contributed by atoms with Crippen molar-refractivity contribution in [2.24, 2.45) is 5.92 Å². The summed E-state index contributed by atoms with van der Waals surface area (Å²) in [7, 11) is 0. The van der Waals surface area contributed by atoms with Crippen LogP contribution >= 0.6 is 0 Å². The van der Waals surface area contributed by atoms with Gasteiger partial charge in [0, 0.05) is 19.0 Å². The summed E-state index contributed by atoms with van der Waals surface area (Å²) < 4.78 is 0. The van der Waals surface area contributed by atoms with Crippen LogP contribution in [0.1, 0.15) is 49.3 Å². The maximum atomic E-state index is 10.7. The summed E-state index contributed by atoms with van der Waals surface area (Å²) in [6.07, 6.45) is 5.98. The molecule has 1 aromatic carbocycles. The molecule has 3 rings (SSSR count). The summed E-state index contributed by atoms with van der Waals surface area (Å²) in [5.41, 5.74) is 3.01. The lowest BCUT2D eigenvalue weighted by Gasteiger charge is -2.37. The molecule has 0 amide bonds. The topological polar surface area (TPSA) is 40.5 Å². The van der Waals surface area contributed by atoms with E-state index in [9.17, 15) is 4.79 Å². The molecule has 3 heteroatoms. The van der Waals surface area contributed by atoms with Gasteiger partial charge in [-0.15, -0.1) is 0 Å². The van der Waals surface area contributed by atoms with Gasteiger partial charge in [-0.05, 0) is 55.7 Å². The van der Waals surface area contributed by atoms with Crippen molar-refractivity contribution in [2.75, 3.05) is 13.1 Å². The van der Waals surface area contributed by atoms with Gasteiger partial charge in [-0.3, -0.25) is 9.69 Å². The lowest BCUT2D eigenvalue weighted by molar-refractivity contribution is -0.137. The van der Waals surface area contributed by atoms with Gasteiger partial charge >= 0.3 is 5.97 Å². The molecule has 0 aromatic heterocycles. The minimum atomic E-state index is -0.659. The Morgan fingerprint density at radius 1 is 1.30 bits per heavy atom. The molecule has 1 aliphatic heterocycles. The number of rotatable bonds is 4. The molecule has 2 atom stereocenters. The Labute approximate surface area is 120 Å². The summed E-state index contributed by atoms with van der Waals surface area (Å²) in [6, 6.07) is 9.37. The molecule has 2 unspecified atom stereocenters. The molecule has 0 saturated carbocycles. The lowest BCUT2D eigenvalue weighted by Crippen LogP contribution is -2.37. The number of nitrogens with zero attached hydrogens (tertiary/aromatic N) is 1. The van der Waals surface area contributed by atoms with Crippen LogP contribution in [0.3, 0.4) is 0 Å². The van der Waals surface area contributed by atoms with Crippen molar-refractivity contribution in [1.82, 2.24) is 4.90 Å². The van der Waals surface area contributed by atoms with Gasteiger partial charge in [0.25, 0.3) is 0 Å². The molecular weight excluding hydrogens is 250 g/mol. The number of piperidine rings is 1. The third-order valence-corrected chi connectivity index (χ3v) is 4.86. The molecule has 108 valence electrons. The molecule has 1 heterocycles. The van der Waals surface area contributed by atoms with E-state index in [-0.39, 0.29) is 0 Å². The van der Waals surface area contributed by atoms with E-state index in [4.69, 9.17) is 5.11 Å². The zero-order chi connectivity index (χ0) is 13.9. The first-order chi connectivity index (χ1) is 9.74. The fourth-order valence-corrected chi connectivity index (χ4v) is 3.86. The summed E-state index contributed by atoms with van der Waals surface area (Å²) in [4.78, 5) is 13.3. The van der Waals surface area contributed by atoms with Gasteiger partial charge in [0.2, 0.25) is 0 Å². The standard InChI is InChI=1S/C17H23NO2/c19-17(20)10-7-13-4-3-11-18(12-13)16-9-8-14-5-1-2-6-15(14)16/h1-2,5-6,13,16H,3-4,7-12H2,(H,19,20). The van der Waals surface area contributed by atoms with Crippen LogP contribution in [0.5, 0.6) is 0 Å². The van der Waals surface area contributed by atoms with E-state index in [1.165, 1.54) is 43.4 Å². The molecular formula is C17H23NO2. The highest BCUT2D eigenvalue weighted by Crippen LogP contribution is 2.38. The summed E-state index contributed by atoms with van der Waals surface area (Å²) in [5.74, 6) is -0.0963. The Kier molecular flexibility index (Phi) is 4.06. The van der Waals surface area contributed by atoms with Crippen LogP contribution in [0, 0.1) is 5.92 Å². The van der Waals surface area contributed by atoms with Crippen LogP contribution in [0.15, 0.2) is 24.3 Å². The van der Waals surface area contributed by atoms with Gasteiger partial charge in [-0.2, -0.15) is 0 Å². The van der Waals surface area contributed by atoms with Crippen molar-refractivity contribution < 1.29 is 9.90 Å². The number of carboxylic acid groups (broad SMARTS) is 1. The number of hydrogen-bond donors (Lipinski definition) is 1. The Morgan fingerprint density at radius 2 is 2.15 bits per heavy atom. The van der Waals surface area contributed by atoms with E-state index in [1.54, 1.807) is 0 Å². The molecule has 0 spiro atoms. The quantitative estimate of drug-likeness (QED) is 0.915. The first-order valence-corrected chi connectivity index (χ1v) is 7.77. The first kappa shape index (κ1) is 13.6. The van der Waals surface area contributed by atoms with Crippen LogP contribution in [0.4, 0.5) is 0 Å². The summed E-state index contributed by atoms with van der Waals surface area (Å²) >= 11 is 0. The van der Waals surface area contributed by atoms with Crippen LogP contribution in [-0.4, -0.2) is 29.1 Å². The number of fused-ring (bicyclic) bond motifs is 1. The normalized spacial score (nSPS) is 26.4. The lowest BCUT2D eigenvalue weighted by atomic mass is 9.91. The zero-order valence-electron chi connectivity index (χ0n) is 11.9. The molecule has 1 aromatic rings. The number of benzene rings is 1. The van der Waals surface area contributed by atoms with E-state index in [2.05, 4.69) is 29.2 Å². The third-order valence-electron chi connectivity index (χ3n) is 4.86. The molecule has 3 nitrogen and oxygen atoms in total. The van der Waals surface area contributed by atoms with Crippen molar-refractivity contribution in [3.8, 4) is 0 Å². The number of likely N-dealkylation sites (tertiary alicyclic amines) is 1. The summed E-state index contributed by atoms with van der Waals surface area (Å²) in [5, 5.41) is 8.84. The van der Waals surface area contributed by atoms with E-state index in [1.807, 2.05) is 0 Å². The molecule has 1 fully saturated rings. The number of carboxylic acids is 1. The van der Waals surface area contributed by atoms with Gasteiger partial charge in [0.1, 0.15) is 0 Å². The number of hydrogen-bond acceptors (Lipinski definition) is 2. The molecule has 1 N–H and O–H groups in total. The molecule has 0 bridgehead atoms. The largest absolute Gasteiger partial charge is 0.481 e. The van der Waals surface area contributed by atoms with E-state index < -0.39 is 5.97 Å². The van der Waals surface area contributed by atoms with Crippen molar-refractivity contribution in [1.29, 1.82) is 0 Å². The third kappa shape index (κ3) is 2.88. The Morgan fingerprint density at radius 3 is 3.00 bits per heavy atom. The Balaban J connectivity index is 1.64. The van der Waals surface area contributed by atoms with E-state index >= 15 is 0 Å². The SMILES string of the molecule is O=C(O)CCC1CCCN(C2CCc3ccccc32)C1. The monoisotopic (exact) mass is 273 g/mol.